The highest BCUT2D eigenvalue weighted by Gasteiger charge is 2.34. The SMILES string of the molecule is CC1CN(S(C)(=O)=O)C(C)CN1CC(O)CC1CCCC1. The van der Waals surface area contributed by atoms with Gasteiger partial charge in [0, 0.05) is 31.7 Å². The molecule has 1 heterocycles. The maximum absolute atomic E-state index is 11.8. The fourth-order valence-electron chi connectivity index (χ4n) is 3.86. The molecule has 0 aromatic heterocycles. The molecule has 0 amide bonds. The summed E-state index contributed by atoms with van der Waals surface area (Å²) in [7, 11) is -3.13. The normalized spacial score (nSPS) is 31.6. The first-order chi connectivity index (χ1) is 9.77. The van der Waals surface area contributed by atoms with Gasteiger partial charge < -0.3 is 5.11 Å². The van der Waals surface area contributed by atoms with E-state index in [0.29, 0.717) is 25.6 Å². The smallest absolute Gasteiger partial charge is 0.211 e. The summed E-state index contributed by atoms with van der Waals surface area (Å²) in [4.78, 5) is 2.24. The summed E-state index contributed by atoms with van der Waals surface area (Å²) >= 11 is 0. The summed E-state index contributed by atoms with van der Waals surface area (Å²) < 4.78 is 25.1. The maximum atomic E-state index is 11.8. The number of rotatable bonds is 5. The van der Waals surface area contributed by atoms with Crippen molar-refractivity contribution in [1.82, 2.24) is 9.21 Å². The highest BCUT2D eigenvalue weighted by Crippen LogP contribution is 2.29. The van der Waals surface area contributed by atoms with E-state index >= 15 is 0 Å². The van der Waals surface area contributed by atoms with Crippen LogP contribution in [0.2, 0.25) is 0 Å². The lowest BCUT2D eigenvalue weighted by Crippen LogP contribution is -2.58. The number of piperazine rings is 1. The van der Waals surface area contributed by atoms with Gasteiger partial charge in [-0.3, -0.25) is 4.90 Å². The summed E-state index contributed by atoms with van der Waals surface area (Å²) in [6.45, 7) is 5.89. The van der Waals surface area contributed by atoms with Crippen LogP contribution in [0.25, 0.3) is 0 Å². The van der Waals surface area contributed by atoms with Crippen LogP contribution in [0.3, 0.4) is 0 Å². The van der Waals surface area contributed by atoms with Crippen molar-refractivity contribution >= 4 is 10.0 Å². The molecule has 0 spiro atoms. The largest absolute Gasteiger partial charge is 0.392 e. The molecule has 1 saturated heterocycles. The quantitative estimate of drug-likeness (QED) is 0.829. The molecule has 1 saturated carbocycles. The molecule has 21 heavy (non-hydrogen) atoms. The first-order valence-corrected chi connectivity index (χ1v) is 10.0. The van der Waals surface area contributed by atoms with Crippen LogP contribution in [0.5, 0.6) is 0 Å². The first-order valence-electron chi connectivity index (χ1n) is 8.16. The van der Waals surface area contributed by atoms with E-state index in [1.165, 1.54) is 31.9 Å². The van der Waals surface area contributed by atoms with Gasteiger partial charge in [0.15, 0.2) is 0 Å². The van der Waals surface area contributed by atoms with Gasteiger partial charge in [0.25, 0.3) is 0 Å². The number of sulfonamides is 1. The lowest BCUT2D eigenvalue weighted by atomic mass is 9.99. The summed E-state index contributed by atoms with van der Waals surface area (Å²) in [6.07, 6.45) is 7.01. The molecule has 2 rings (SSSR count). The predicted molar refractivity (Wildman–Crippen MR) is 84.6 cm³/mol. The van der Waals surface area contributed by atoms with Crippen LogP contribution in [0, 0.1) is 5.92 Å². The van der Waals surface area contributed by atoms with Crippen molar-refractivity contribution in [2.75, 3.05) is 25.9 Å². The van der Waals surface area contributed by atoms with Gasteiger partial charge in [-0.2, -0.15) is 4.31 Å². The highest BCUT2D eigenvalue weighted by molar-refractivity contribution is 7.88. The third kappa shape index (κ3) is 4.65. The minimum absolute atomic E-state index is 0.0186. The number of nitrogens with zero attached hydrogens (tertiary/aromatic N) is 2. The van der Waals surface area contributed by atoms with Crippen LogP contribution in [0.4, 0.5) is 0 Å². The van der Waals surface area contributed by atoms with Gasteiger partial charge in [-0.1, -0.05) is 25.7 Å². The van der Waals surface area contributed by atoms with E-state index in [-0.39, 0.29) is 18.2 Å². The van der Waals surface area contributed by atoms with E-state index in [1.807, 2.05) is 13.8 Å². The molecular weight excluding hydrogens is 288 g/mol. The molecule has 6 heteroatoms. The Hall–Kier alpha value is -0.170. The molecule has 0 aromatic rings. The van der Waals surface area contributed by atoms with E-state index in [1.54, 1.807) is 4.31 Å². The van der Waals surface area contributed by atoms with Crippen LogP contribution < -0.4 is 0 Å². The van der Waals surface area contributed by atoms with Gasteiger partial charge >= 0.3 is 0 Å². The van der Waals surface area contributed by atoms with Crippen molar-refractivity contribution in [1.29, 1.82) is 0 Å². The van der Waals surface area contributed by atoms with Gasteiger partial charge in [-0.15, -0.1) is 0 Å². The second-order valence-corrected chi connectivity index (χ2v) is 8.96. The average Bonchev–Trinajstić information content (AvgIpc) is 2.84. The van der Waals surface area contributed by atoms with Crippen LogP contribution in [-0.4, -0.2) is 66.8 Å². The number of β-amino-alcohol motifs (C(OH)–C–C–N with tert-alkyl or cyclic N) is 1. The van der Waals surface area contributed by atoms with Gasteiger partial charge in [0.05, 0.1) is 12.4 Å². The Balaban J connectivity index is 1.86. The fraction of sp³-hybridized carbons (Fsp3) is 1.00. The maximum Gasteiger partial charge on any atom is 0.211 e. The zero-order valence-electron chi connectivity index (χ0n) is 13.5. The number of aliphatic hydroxyl groups excluding tert-OH is 1. The van der Waals surface area contributed by atoms with Crippen LogP contribution in [0.15, 0.2) is 0 Å². The van der Waals surface area contributed by atoms with Crippen LogP contribution in [-0.2, 0) is 10.0 Å². The summed E-state index contributed by atoms with van der Waals surface area (Å²) in [6, 6.07) is 0.143. The molecule has 1 N–H and O–H groups in total. The minimum Gasteiger partial charge on any atom is -0.392 e. The predicted octanol–water partition coefficient (Wildman–Crippen LogP) is 1.28. The number of aliphatic hydroxyl groups is 1. The molecule has 1 aliphatic heterocycles. The van der Waals surface area contributed by atoms with Crippen molar-refractivity contribution in [2.45, 2.75) is 64.1 Å². The Bertz CT molecular complexity index is 434. The van der Waals surface area contributed by atoms with Gasteiger partial charge in [0.2, 0.25) is 10.0 Å². The molecule has 5 nitrogen and oxygen atoms in total. The molecule has 0 bridgehead atoms. The van der Waals surface area contributed by atoms with Gasteiger partial charge in [0.1, 0.15) is 0 Å². The van der Waals surface area contributed by atoms with Crippen molar-refractivity contribution in [2.24, 2.45) is 5.92 Å². The molecule has 2 fully saturated rings. The molecule has 3 unspecified atom stereocenters. The molecule has 3 atom stereocenters. The molecule has 1 aliphatic carbocycles. The third-order valence-corrected chi connectivity index (χ3v) is 6.37. The lowest BCUT2D eigenvalue weighted by Gasteiger charge is -2.43. The molecular formula is C15H30N2O3S. The highest BCUT2D eigenvalue weighted by atomic mass is 32.2. The van der Waals surface area contributed by atoms with Crippen molar-refractivity contribution in [3.63, 3.8) is 0 Å². The Morgan fingerprint density at radius 1 is 1.14 bits per heavy atom. The molecule has 0 aromatic carbocycles. The Kier molecular flexibility index (Phi) is 5.68. The first kappa shape index (κ1) is 17.2. The Labute approximate surface area is 129 Å². The second kappa shape index (κ2) is 6.94. The molecule has 0 radical (unpaired) electrons. The van der Waals surface area contributed by atoms with E-state index in [0.717, 1.165) is 6.42 Å². The average molecular weight is 318 g/mol. The zero-order chi connectivity index (χ0) is 15.6. The minimum atomic E-state index is -3.13. The third-order valence-electron chi connectivity index (χ3n) is 5.01. The topological polar surface area (TPSA) is 60.9 Å². The van der Waals surface area contributed by atoms with E-state index in [2.05, 4.69) is 4.90 Å². The monoisotopic (exact) mass is 318 g/mol. The summed E-state index contributed by atoms with van der Waals surface area (Å²) in [5.74, 6) is 0.685. The Morgan fingerprint density at radius 3 is 2.33 bits per heavy atom. The van der Waals surface area contributed by atoms with Gasteiger partial charge in [-0.05, 0) is 26.2 Å². The molecule has 124 valence electrons. The van der Waals surface area contributed by atoms with E-state index < -0.39 is 10.0 Å². The van der Waals surface area contributed by atoms with Gasteiger partial charge in [-0.25, -0.2) is 8.42 Å². The van der Waals surface area contributed by atoms with Crippen molar-refractivity contribution in [3.8, 4) is 0 Å². The standard InChI is InChI=1S/C15H30N2O3S/c1-12-10-17(21(3,19)20)13(2)9-16(12)11-15(18)8-14-6-4-5-7-14/h12-15,18H,4-11H2,1-3H3. The van der Waals surface area contributed by atoms with Crippen molar-refractivity contribution in [3.05, 3.63) is 0 Å². The lowest BCUT2D eigenvalue weighted by molar-refractivity contribution is 0.0339. The van der Waals surface area contributed by atoms with Crippen molar-refractivity contribution < 1.29 is 13.5 Å². The fourth-order valence-corrected chi connectivity index (χ4v) is 5.07. The van der Waals surface area contributed by atoms with E-state index in [9.17, 15) is 13.5 Å². The van der Waals surface area contributed by atoms with E-state index in [4.69, 9.17) is 0 Å². The summed E-state index contributed by atoms with van der Waals surface area (Å²) in [5, 5.41) is 10.3. The Morgan fingerprint density at radius 2 is 1.76 bits per heavy atom. The zero-order valence-corrected chi connectivity index (χ0v) is 14.3. The van der Waals surface area contributed by atoms with Crippen LogP contribution in [0.1, 0.15) is 46.0 Å². The molecule has 2 aliphatic rings. The summed E-state index contributed by atoms with van der Waals surface area (Å²) in [5.41, 5.74) is 0. The number of hydrogen-bond acceptors (Lipinski definition) is 4. The van der Waals surface area contributed by atoms with Crippen LogP contribution >= 0.6 is 0 Å². The second-order valence-electron chi connectivity index (χ2n) is 7.02. The number of hydrogen-bond donors (Lipinski definition) is 1.